The number of benzene rings is 2. The van der Waals surface area contributed by atoms with Crippen molar-refractivity contribution in [2.24, 2.45) is 4.99 Å². The number of nitrogens with zero attached hydrogens (tertiary/aromatic N) is 2. The van der Waals surface area contributed by atoms with E-state index in [-0.39, 0.29) is 11.9 Å². The summed E-state index contributed by atoms with van der Waals surface area (Å²) in [5, 5.41) is 0.651. The minimum Gasteiger partial charge on any atom is -0.465 e. The number of hydrogen-bond donors (Lipinski definition) is 0. The van der Waals surface area contributed by atoms with Crippen LogP contribution in [0.25, 0.3) is 6.08 Å². The molecule has 1 heterocycles. The molecule has 0 aromatic heterocycles. The van der Waals surface area contributed by atoms with E-state index in [1.807, 2.05) is 24.3 Å². The molecule has 1 aliphatic rings. The molecule has 0 spiro atoms. The number of amidine groups is 1. The van der Waals surface area contributed by atoms with E-state index < -0.39 is 0 Å². The van der Waals surface area contributed by atoms with Crippen LogP contribution >= 0.6 is 11.8 Å². The molecule has 3 rings (SSSR count). The molecule has 0 radical (unpaired) electrons. The van der Waals surface area contributed by atoms with E-state index in [0.29, 0.717) is 15.6 Å². The summed E-state index contributed by atoms with van der Waals surface area (Å²) in [6, 6.07) is 14.9. The first kappa shape index (κ1) is 18.9. The number of methoxy groups -OCH3 is 1. The Hall–Kier alpha value is -2.86. The highest BCUT2D eigenvalue weighted by atomic mass is 32.2. The zero-order chi connectivity index (χ0) is 19.4. The predicted octanol–water partition coefficient (Wildman–Crippen LogP) is 4.27. The van der Waals surface area contributed by atoms with Crippen LogP contribution in [0.5, 0.6) is 0 Å². The Balaban J connectivity index is 1.86. The third-order valence-electron chi connectivity index (χ3n) is 4.22. The zero-order valence-electron chi connectivity index (χ0n) is 15.4. The summed E-state index contributed by atoms with van der Waals surface area (Å²) < 4.78 is 4.70. The molecule has 5 nitrogen and oxygen atoms in total. The first-order valence-electron chi connectivity index (χ1n) is 8.56. The van der Waals surface area contributed by atoms with Gasteiger partial charge in [0.2, 0.25) is 0 Å². The number of para-hydroxylation sites is 1. The van der Waals surface area contributed by atoms with Gasteiger partial charge in [0.15, 0.2) is 5.17 Å². The minimum atomic E-state index is -0.385. The van der Waals surface area contributed by atoms with Crippen molar-refractivity contribution in [3.63, 3.8) is 0 Å². The lowest BCUT2D eigenvalue weighted by atomic mass is 10.1. The molecule has 2 aromatic carbocycles. The maximum atomic E-state index is 12.6. The molecule has 27 heavy (non-hydrogen) atoms. The molecule has 1 fully saturated rings. The van der Waals surface area contributed by atoms with Gasteiger partial charge in [-0.3, -0.25) is 9.69 Å². The highest BCUT2D eigenvalue weighted by Gasteiger charge is 2.30. The van der Waals surface area contributed by atoms with Crippen molar-refractivity contribution in [1.29, 1.82) is 0 Å². The molecule has 6 heteroatoms. The number of esters is 1. The number of aryl methyl sites for hydroxylation is 1. The standard InChI is InChI=1S/C21H20N2O3S/c1-4-15-7-5-6-8-17(15)22-21-23(2)19(24)18(27-21)13-14-9-11-16(12-10-14)20(25)26-3/h5-13H,4H2,1-3H3/b18-13+,22-21?. The molecule has 0 saturated carbocycles. The molecule has 0 aliphatic carbocycles. The number of thioether (sulfide) groups is 1. The Labute approximate surface area is 162 Å². The van der Waals surface area contributed by atoms with Gasteiger partial charge in [-0.15, -0.1) is 0 Å². The van der Waals surface area contributed by atoms with Crippen LogP contribution in [0, 0.1) is 0 Å². The molecule has 0 N–H and O–H groups in total. The number of ether oxygens (including phenoxy) is 1. The number of carbonyl (C=O) groups excluding carboxylic acids is 2. The fourth-order valence-corrected chi connectivity index (χ4v) is 3.64. The summed E-state index contributed by atoms with van der Waals surface area (Å²) >= 11 is 1.35. The number of carbonyl (C=O) groups is 2. The van der Waals surface area contributed by atoms with E-state index in [0.717, 1.165) is 23.2 Å². The molecule has 1 amide bonds. The van der Waals surface area contributed by atoms with E-state index in [9.17, 15) is 9.59 Å². The van der Waals surface area contributed by atoms with Crippen molar-refractivity contribution in [1.82, 2.24) is 4.90 Å². The van der Waals surface area contributed by atoms with Gasteiger partial charge in [-0.25, -0.2) is 9.79 Å². The van der Waals surface area contributed by atoms with Gasteiger partial charge in [0.05, 0.1) is 23.3 Å². The van der Waals surface area contributed by atoms with Gasteiger partial charge in [0, 0.05) is 7.05 Å². The third kappa shape index (κ3) is 4.11. The minimum absolute atomic E-state index is 0.0928. The number of aliphatic imine (C=N–C) groups is 1. The molecule has 138 valence electrons. The van der Waals surface area contributed by atoms with Crippen LogP contribution in [0.15, 0.2) is 58.4 Å². The van der Waals surface area contributed by atoms with E-state index >= 15 is 0 Å². The average molecular weight is 380 g/mol. The number of hydrogen-bond acceptors (Lipinski definition) is 5. The lowest BCUT2D eigenvalue weighted by Gasteiger charge is -2.08. The third-order valence-corrected chi connectivity index (χ3v) is 5.28. The summed E-state index contributed by atoms with van der Waals surface area (Å²) in [4.78, 5) is 30.9. The molecule has 0 bridgehead atoms. The lowest BCUT2D eigenvalue weighted by molar-refractivity contribution is -0.121. The van der Waals surface area contributed by atoms with E-state index in [1.165, 1.54) is 18.9 Å². The summed E-state index contributed by atoms with van der Waals surface area (Å²) in [7, 11) is 3.07. The van der Waals surface area contributed by atoms with Crippen molar-refractivity contribution in [2.75, 3.05) is 14.2 Å². The summed E-state index contributed by atoms with van der Waals surface area (Å²) in [6.45, 7) is 2.08. The van der Waals surface area contributed by atoms with Gasteiger partial charge >= 0.3 is 5.97 Å². The fraction of sp³-hybridized carbons (Fsp3) is 0.190. The second-order valence-electron chi connectivity index (χ2n) is 5.97. The fourth-order valence-electron chi connectivity index (χ4n) is 2.66. The molecule has 0 atom stereocenters. The highest BCUT2D eigenvalue weighted by molar-refractivity contribution is 8.18. The van der Waals surface area contributed by atoms with Crippen molar-refractivity contribution in [3.8, 4) is 0 Å². The zero-order valence-corrected chi connectivity index (χ0v) is 16.2. The molecule has 1 saturated heterocycles. The topological polar surface area (TPSA) is 59.0 Å². The Morgan fingerprint density at radius 1 is 1.19 bits per heavy atom. The molecular weight excluding hydrogens is 360 g/mol. The summed E-state index contributed by atoms with van der Waals surface area (Å²) in [5.74, 6) is -0.478. The van der Waals surface area contributed by atoms with Crippen LogP contribution in [0.4, 0.5) is 5.69 Å². The second kappa shape index (κ2) is 8.22. The van der Waals surface area contributed by atoms with Crippen LogP contribution < -0.4 is 0 Å². The van der Waals surface area contributed by atoms with Crippen molar-refractivity contribution in [3.05, 3.63) is 70.1 Å². The van der Waals surface area contributed by atoms with E-state index in [4.69, 9.17) is 4.74 Å². The SMILES string of the molecule is CCc1ccccc1N=C1S/C(=C/c2ccc(C(=O)OC)cc2)C(=O)N1C. The van der Waals surface area contributed by atoms with Crippen molar-refractivity contribution >= 4 is 40.6 Å². The normalized spacial score (nSPS) is 17.0. The van der Waals surface area contributed by atoms with E-state index in [2.05, 4.69) is 11.9 Å². The largest absolute Gasteiger partial charge is 0.465 e. The van der Waals surface area contributed by atoms with Crippen molar-refractivity contribution < 1.29 is 14.3 Å². The van der Waals surface area contributed by atoms with Crippen LogP contribution in [-0.2, 0) is 16.0 Å². The van der Waals surface area contributed by atoms with Gasteiger partial charge in [-0.2, -0.15) is 0 Å². The Kier molecular flexibility index (Phi) is 5.76. The monoisotopic (exact) mass is 380 g/mol. The Morgan fingerprint density at radius 3 is 2.56 bits per heavy atom. The first-order chi connectivity index (χ1) is 13.0. The first-order valence-corrected chi connectivity index (χ1v) is 9.37. The average Bonchev–Trinajstić information content (AvgIpc) is 2.96. The molecule has 2 aromatic rings. The van der Waals surface area contributed by atoms with E-state index in [1.54, 1.807) is 42.3 Å². The second-order valence-corrected chi connectivity index (χ2v) is 6.97. The maximum absolute atomic E-state index is 12.6. The van der Waals surface area contributed by atoms with Crippen LogP contribution in [0.3, 0.4) is 0 Å². The van der Waals surface area contributed by atoms with Gasteiger partial charge in [0.25, 0.3) is 5.91 Å². The van der Waals surface area contributed by atoms with Crippen LogP contribution in [-0.4, -0.2) is 36.1 Å². The smallest absolute Gasteiger partial charge is 0.337 e. The predicted molar refractivity (Wildman–Crippen MR) is 109 cm³/mol. The Morgan fingerprint density at radius 2 is 1.89 bits per heavy atom. The van der Waals surface area contributed by atoms with Crippen LogP contribution in [0.1, 0.15) is 28.4 Å². The quantitative estimate of drug-likeness (QED) is 0.587. The summed E-state index contributed by atoms with van der Waals surface area (Å²) in [5.41, 5.74) is 3.33. The van der Waals surface area contributed by atoms with Gasteiger partial charge in [-0.1, -0.05) is 37.3 Å². The highest BCUT2D eigenvalue weighted by Crippen LogP contribution is 2.34. The molecule has 0 unspecified atom stereocenters. The van der Waals surface area contributed by atoms with Gasteiger partial charge in [0.1, 0.15) is 0 Å². The van der Waals surface area contributed by atoms with Gasteiger partial charge < -0.3 is 4.74 Å². The maximum Gasteiger partial charge on any atom is 0.337 e. The van der Waals surface area contributed by atoms with Crippen molar-refractivity contribution in [2.45, 2.75) is 13.3 Å². The molecule has 1 aliphatic heterocycles. The molecular formula is C21H20N2O3S. The Bertz CT molecular complexity index is 933. The number of rotatable bonds is 4. The number of amides is 1. The summed E-state index contributed by atoms with van der Waals surface area (Å²) in [6.07, 6.45) is 2.68. The van der Waals surface area contributed by atoms with Gasteiger partial charge in [-0.05, 0) is 53.6 Å². The van der Waals surface area contributed by atoms with Crippen LogP contribution in [0.2, 0.25) is 0 Å². The number of likely N-dealkylation sites (N-methyl/N-ethyl adjacent to an activating group) is 1. The lowest BCUT2D eigenvalue weighted by Crippen LogP contribution is -2.23.